The molecule has 0 amide bonds. The molecule has 0 unspecified atom stereocenters. The smallest absolute Gasteiger partial charge is 0.243 e. The number of aryl methyl sites for hydroxylation is 1. The summed E-state index contributed by atoms with van der Waals surface area (Å²) in [6.45, 7) is -0.120. The highest BCUT2D eigenvalue weighted by Gasteiger charge is 2.37. The number of β-amino-alcohol motifs (C(OH)–C–C–N with tert-alkyl or cyclic N) is 1. The lowest BCUT2D eigenvalue weighted by atomic mass is 10.1. The van der Waals surface area contributed by atoms with E-state index < -0.39 is 50.5 Å². The van der Waals surface area contributed by atoms with Crippen LogP contribution < -0.4 is 9.62 Å². The zero-order valence-corrected chi connectivity index (χ0v) is 20.0. The van der Waals surface area contributed by atoms with Gasteiger partial charge >= 0.3 is 0 Å². The van der Waals surface area contributed by atoms with Crippen LogP contribution in [0.25, 0.3) is 17.2 Å². The second kappa shape index (κ2) is 9.44. The van der Waals surface area contributed by atoms with E-state index in [0.29, 0.717) is 0 Å². The molecule has 194 valence electrons. The van der Waals surface area contributed by atoms with E-state index in [-0.39, 0.29) is 37.0 Å². The van der Waals surface area contributed by atoms with Gasteiger partial charge in [0.15, 0.2) is 11.6 Å². The molecule has 4 aromatic rings. The van der Waals surface area contributed by atoms with Gasteiger partial charge in [0.05, 0.1) is 18.5 Å². The van der Waals surface area contributed by atoms with E-state index in [1.54, 1.807) is 13.2 Å². The van der Waals surface area contributed by atoms with Gasteiger partial charge in [-0.05, 0) is 24.6 Å². The van der Waals surface area contributed by atoms with Gasteiger partial charge in [0.25, 0.3) is 0 Å². The molecule has 0 spiro atoms. The minimum atomic E-state index is -4.31. The van der Waals surface area contributed by atoms with Crippen LogP contribution in [0.3, 0.4) is 0 Å². The fourth-order valence-corrected chi connectivity index (χ4v) is 5.46. The van der Waals surface area contributed by atoms with Crippen molar-refractivity contribution >= 4 is 21.9 Å². The van der Waals surface area contributed by atoms with Crippen molar-refractivity contribution in [3.63, 3.8) is 0 Å². The Morgan fingerprint density at radius 2 is 1.76 bits per heavy atom. The van der Waals surface area contributed by atoms with Crippen molar-refractivity contribution in [3.8, 4) is 17.2 Å². The number of para-hydroxylation sites is 1. The van der Waals surface area contributed by atoms with Crippen molar-refractivity contribution in [2.24, 2.45) is 7.05 Å². The van der Waals surface area contributed by atoms with E-state index in [0.717, 1.165) is 29.1 Å². The van der Waals surface area contributed by atoms with Gasteiger partial charge in [-0.25, -0.2) is 31.6 Å². The molecule has 1 aliphatic rings. The summed E-state index contributed by atoms with van der Waals surface area (Å²) in [5, 5.41) is 21.1. The maximum absolute atomic E-state index is 14.8. The van der Waals surface area contributed by atoms with Crippen molar-refractivity contribution in [2.75, 3.05) is 22.7 Å². The Morgan fingerprint density at radius 1 is 1.05 bits per heavy atom. The number of aromatic nitrogens is 7. The number of rotatable bonds is 6. The van der Waals surface area contributed by atoms with Crippen LogP contribution in [0.1, 0.15) is 6.42 Å². The van der Waals surface area contributed by atoms with E-state index in [9.17, 15) is 26.7 Å². The zero-order valence-electron chi connectivity index (χ0n) is 19.2. The Morgan fingerprint density at radius 3 is 2.41 bits per heavy atom. The number of hydrogen-bond donors (Lipinski definition) is 2. The molecule has 5 rings (SSSR count). The van der Waals surface area contributed by atoms with Crippen molar-refractivity contribution in [1.82, 2.24) is 34.5 Å². The van der Waals surface area contributed by atoms with Crippen LogP contribution in [-0.4, -0.2) is 72.5 Å². The zero-order chi connectivity index (χ0) is 26.3. The predicted octanol–water partition coefficient (Wildman–Crippen LogP) is 1.26. The highest BCUT2D eigenvalue weighted by molar-refractivity contribution is 7.93. The van der Waals surface area contributed by atoms with Gasteiger partial charge < -0.3 is 10.0 Å². The van der Waals surface area contributed by atoms with Crippen LogP contribution in [0, 0.1) is 17.5 Å². The lowest BCUT2D eigenvalue weighted by Gasteiger charge is -2.35. The molecule has 16 heteroatoms. The molecule has 12 nitrogen and oxygen atoms in total. The lowest BCUT2D eigenvalue weighted by Crippen LogP contribution is -2.50. The normalized spacial score (nSPS) is 18.2. The van der Waals surface area contributed by atoms with Crippen LogP contribution >= 0.6 is 0 Å². The summed E-state index contributed by atoms with van der Waals surface area (Å²) in [5.41, 5.74) is -0.410. The first kappa shape index (κ1) is 24.6. The average molecular weight is 536 g/mol. The van der Waals surface area contributed by atoms with E-state index >= 15 is 0 Å². The Hall–Kier alpha value is -4.05. The third-order valence-corrected chi connectivity index (χ3v) is 7.41. The maximum atomic E-state index is 14.8. The first-order chi connectivity index (χ1) is 17.6. The number of hydrogen-bond acceptors (Lipinski definition) is 9. The highest BCUT2D eigenvalue weighted by Crippen LogP contribution is 2.29. The third kappa shape index (κ3) is 4.84. The van der Waals surface area contributed by atoms with Crippen molar-refractivity contribution in [1.29, 1.82) is 0 Å². The van der Waals surface area contributed by atoms with E-state index in [1.165, 1.54) is 21.7 Å². The molecular formula is C21H20F3N9O3S. The number of nitrogens with zero attached hydrogens (tertiary/aromatic N) is 8. The SMILES string of the molecule is Cn1ccc(-c2nnc(NS(=O)(=O)[C@@H]3C[C@H](O)CN(c4ncc(F)cn4)C3)n2-c2c(F)cccc2F)n1. The molecule has 0 radical (unpaired) electrons. The number of aliphatic hydroxyl groups excluding tert-OH is 1. The Labute approximate surface area is 208 Å². The standard InChI is InChI=1S/C21H20F3N9O3S/c1-31-6-5-17(29-31)19-27-28-21(33(19)18-15(23)3-2-4-16(18)24)30-37(35,36)14-7-13(34)10-32(11-14)20-25-8-12(22)9-26-20/h2-6,8-9,13-14,34H,7,10-11H2,1H3,(H,28,30)/t13-,14+/m0/s1. The minimum absolute atomic E-state index is 0.0259. The number of halogens is 3. The Balaban J connectivity index is 1.52. The summed E-state index contributed by atoms with van der Waals surface area (Å²) in [6, 6.07) is 4.71. The van der Waals surface area contributed by atoms with Crippen LogP contribution in [0.15, 0.2) is 42.9 Å². The maximum Gasteiger partial charge on any atom is 0.243 e. The first-order valence-corrected chi connectivity index (χ1v) is 12.5. The summed E-state index contributed by atoms with van der Waals surface area (Å²) in [5.74, 6) is -3.18. The second-order valence-electron chi connectivity index (χ2n) is 8.39. The fourth-order valence-electron chi connectivity index (χ4n) is 4.06. The minimum Gasteiger partial charge on any atom is -0.391 e. The fraction of sp³-hybridized carbons (Fsp3) is 0.286. The predicted molar refractivity (Wildman–Crippen MR) is 125 cm³/mol. The van der Waals surface area contributed by atoms with Gasteiger partial charge in [0.2, 0.25) is 21.9 Å². The topological polar surface area (TPSA) is 144 Å². The molecule has 0 aliphatic carbocycles. The number of benzene rings is 1. The van der Waals surface area contributed by atoms with Crippen molar-refractivity contribution in [2.45, 2.75) is 17.8 Å². The number of sulfonamides is 1. The summed E-state index contributed by atoms with van der Waals surface area (Å²) in [6.07, 6.45) is 2.20. The molecule has 1 saturated heterocycles. The second-order valence-corrected chi connectivity index (χ2v) is 10.4. The van der Waals surface area contributed by atoms with E-state index in [2.05, 4.69) is 30.0 Å². The van der Waals surface area contributed by atoms with Crippen LogP contribution in [-0.2, 0) is 17.1 Å². The molecule has 0 bridgehead atoms. The molecule has 37 heavy (non-hydrogen) atoms. The Kier molecular flexibility index (Phi) is 6.28. The van der Waals surface area contributed by atoms with E-state index in [1.807, 2.05) is 0 Å². The summed E-state index contributed by atoms with van der Waals surface area (Å²) in [7, 11) is -2.69. The summed E-state index contributed by atoms with van der Waals surface area (Å²) >= 11 is 0. The van der Waals surface area contributed by atoms with Crippen LogP contribution in [0.2, 0.25) is 0 Å². The molecule has 4 heterocycles. The molecule has 1 fully saturated rings. The molecule has 2 atom stereocenters. The quantitative estimate of drug-likeness (QED) is 0.373. The largest absolute Gasteiger partial charge is 0.391 e. The molecule has 1 aromatic carbocycles. The van der Waals surface area contributed by atoms with Gasteiger partial charge in [-0.3, -0.25) is 14.0 Å². The van der Waals surface area contributed by atoms with Crippen LogP contribution in [0.5, 0.6) is 0 Å². The molecule has 1 aliphatic heterocycles. The number of anilines is 2. The first-order valence-electron chi connectivity index (χ1n) is 10.9. The van der Waals surface area contributed by atoms with Gasteiger partial charge in [-0.2, -0.15) is 5.10 Å². The van der Waals surface area contributed by atoms with Gasteiger partial charge in [-0.15, -0.1) is 10.2 Å². The molecular weight excluding hydrogens is 515 g/mol. The van der Waals surface area contributed by atoms with Crippen molar-refractivity contribution in [3.05, 3.63) is 60.3 Å². The number of nitrogens with one attached hydrogen (secondary N) is 1. The number of piperidine rings is 1. The monoisotopic (exact) mass is 535 g/mol. The Bertz CT molecular complexity index is 1520. The van der Waals surface area contributed by atoms with Gasteiger partial charge in [0, 0.05) is 26.3 Å². The number of aliphatic hydroxyl groups is 1. The molecule has 3 aromatic heterocycles. The summed E-state index contributed by atoms with van der Waals surface area (Å²) in [4.78, 5) is 9.09. The molecule has 2 N–H and O–H groups in total. The van der Waals surface area contributed by atoms with E-state index in [4.69, 9.17) is 0 Å². The third-order valence-electron chi connectivity index (χ3n) is 5.72. The van der Waals surface area contributed by atoms with Crippen LogP contribution in [0.4, 0.5) is 25.1 Å². The summed E-state index contributed by atoms with van der Waals surface area (Å²) < 4.78 is 74.2. The van der Waals surface area contributed by atoms with Crippen molar-refractivity contribution < 1.29 is 26.7 Å². The lowest BCUT2D eigenvalue weighted by molar-refractivity contribution is 0.154. The highest BCUT2D eigenvalue weighted by atomic mass is 32.2. The average Bonchev–Trinajstić information content (AvgIpc) is 3.45. The van der Waals surface area contributed by atoms with Gasteiger partial charge in [-0.1, -0.05) is 6.07 Å². The molecule has 0 saturated carbocycles. The van der Waals surface area contributed by atoms with Gasteiger partial charge in [0.1, 0.15) is 28.3 Å².